The molecule has 182 valence electrons. The van der Waals surface area contributed by atoms with Crippen molar-refractivity contribution in [2.24, 2.45) is 0 Å². The van der Waals surface area contributed by atoms with Crippen LogP contribution in [0, 0.1) is 6.92 Å². The molecule has 0 saturated carbocycles. The molecule has 0 unspecified atom stereocenters. The molecule has 5 nitrogen and oxygen atoms in total. The summed E-state index contributed by atoms with van der Waals surface area (Å²) in [4.78, 5) is 26.5. The van der Waals surface area contributed by atoms with Crippen LogP contribution in [0.5, 0.6) is 0 Å². The van der Waals surface area contributed by atoms with Crippen LogP contribution in [0.4, 0.5) is 5.00 Å². The smallest absolute Gasteiger partial charge is 0.341 e. The Morgan fingerprint density at radius 1 is 1.00 bits per heavy atom. The van der Waals surface area contributed by atoms with Gasteiger partial charge in [0.1, 0.15) is 16.3 Å². The molecule has 0 radical (unpaired) electrons. The molecule has 2 aromatic carbocycles. The number of ether oxygens (including phenoxy) is 1. The first-order valence-electron chi connectivity index (χ1n) is 11.8. The molecule has 5 aromatic rings. The van der Waals surface area contributed by atoms with Crippen molar-refractivity contribution >= 4 is 49.8 Å². The number of nitrogens with one attached hydrogen (secondary N) is 1. The van der Waals surface area contributed by atoms with E-state index in [4.69, 9.17) is 4.74 Å². The number of carbonyl (C=O) groups excluding carboxylic acids is 2. The number of thiophene rings is 2. The van der Waals surface area contributed by atoms with Gasteiger partial charge in [-0.1, -0.05) is 60.2 Å². The number of anilines is 1. The Hall–Kier alpha value is -3.68. The van der Waals surface area contributed by atoms with Crippen LogP contribution >= 0.6 is 22.7 Å². The second kappa shape index (κ2) is 10.5. The Bertz CT molecular complexity index is 1510. The normalized spacial score (nSPS) is 11.1. The predicted octanol–water partition coefficient (Wildman–Crippen LogP) is 7.41. The Kier molecular flexibility index (Phi) is 7.02. The summed E-state index contributed by atoms with van der Waals surface area (Å²) in [5.41, 5.74) is 6.03. The first kappa shape index (κ1) is 24.0. The number of aromatic nitrogens is 1. The lowest BCUT2D eigenvalue weighted by atomic mass is 10.0. The fraction of sp³-hybridized carbons (Fsp3) is 0.172. The topological polar surface area (TPSA) is 60.3 Å². The number of esters is 1. The van der Waals surface area contributed by atoms with Gasteiger partial charge in [0.25, 0.3) is 5.91 Å². The lowest BCUT2D eigenvalue weighted by molar-refractivity contribution is 0.0529. The van der Waals surface area contributed by atoms with Gasteiger partial charge in [0.2, 0.25) is 0 Å². The van der Waals surface area contributed by atoms with E-state index >= 15 is 0 Å². The van der Waals surface area contributed by atoms with E-state index in [0.717, 1.165) is 33.3 Å². The highest BCUT2D eigenvalue weighted by Gasteiger charge is 2.25. The summed E-state index contributed by atoms with van der Waals surface area (Å²) >= 11 is 2.95. The zero-order valence-electron chi connectivity index (χ0n) is 20.1. The van der Waals surface area contributed by atoms with Crippen molar-refractivity contribution < 1.29 is 14.3 Å². The van der Waals surface area contributed by atoms with E-state index in [2.05, 4.69) is 22.0 Å². The molecule has 0 spiro atoms. The molecule has 36 heavy (non-hydrogen) atoms. The molecule has 0 fully saturated rings. The van der Waals surface area contributed by atoms with Crippen LogP contribution in [0.2, 0.25) is 0 Å². The zero-order chi connectivity index (χ0) is 25.1. The lowest BCUT2D eigenvalue weighted by Gasteiger charge is -2.12. The van der Waals surface area contributed by atoms with E-state index in [1.165, 1.54) is 16.9 Å². The van der Waals surface area contributed by atoms with E-state index in [0.29, 0.717) is 22.8 Å². The molecule has 0 aliphatic carbocycles. The number of hydrogen-bond donors (Lipinski definition) is 1. The van der Waals surface area contributed by atoms with E-state index in [1.807, 2.05) is 72.3 Å². The summed E-state index contributed by atoms with van der Waals surface area (Å²) < 4.78 is 8.48. The molecule has 0 aliphatic rings. The SMILES string of the molecule is CCOC(=O)c1c(-c2ccc(C)cc2)csc1NC(=O)c1cc2sccc2n1CCc1ccccc1. The molecular weight excluding hydrogens is 488 g/mol. The third-order valence-corrected chi connectivity index (χ3v) is 7.83. The number of hydrogen-bond acceptors (Lipinski definition) is 5. The molecule has 3 heterocycles. The summed E-state index contributed by atoms with van der Waals surface area (Å²) in [7, 11) is 0. The van der Waals surface area contributed by atoms with Gasteiger partial charge in [0.15, 0.2) is 0 Å². The molecule has 1 amide bonds. The third-order valence-electron chi connectivity index (χ3n) is 6.08. The molecule has 0 atom stereocenters. The molecule has 0 saturated heterocycles. The van der Waals surface area contributed by atoms with E-state index in [-0.39, 0.29) is 12.5 Å². The predicted molar refractivity (Wildman–Crippen MR) is 148 cm³/mol. The van der Waals surface area contributed by atoms with Gasteiger partial charge in [-0.25, -0.2) is 4.79 Å². The Labute approximate surface area is 218 Å². The highest BCUT2D eigenvalue weighted by atomic mass is 32.1. The van der Waals surface area contributed by atoms with E-state index in [9.17, 15) is 9.59 Å². The average molecular weight is 515 g/mol. The summed E-state index contributed by atoms with van der Waals surface area (Å²) in [6.45, 7) is 4.73. The lowest BCUT2D eigenvalue weighted by Crippen LogP contribution is -2.19. The summed E-state index contributed by atoms with van der Waals surface area (Å²) in [5.74, 6) is -0.681. The van der Waals surface area contributed by atoms with Crippen molar-refractivity contribution in [3.05, 3.63) is 99.9 Å². The fourth-order valence-electron chi connectivity index (χ4n) is 4.26. The Morgan fingerprint density at radius 2 is 1.78 bits per heavy atom. The van der Waals surface area contributed by atoms with Crippen LogP contribution < -0.4 is 5.32 Å². The third kappa shape index (κ3) is 4.85. The average Bonchev–Trinajstić information content (AvgIpc) is 3.59. The van der Waals surface area contributed by atoms with Crippen molar-refractivity contribution in [3.63, 3.8) is 0 Å². The molecule has 5 rings (SSSR count). The van der Waals surface area contributed by atoms with Gasteiger partial charge in [-0.15, -0.1) is 22.7 Å². The largest absolute Gasteiger partial charge is 0.462 e. The Balaban J connectivity index is 1.47. The summed E-state index contributed by atoms with van der Waals surface area (Å²) in [6.07, 6.45) is 0.811. The number of carbonyl (C=O) groups is 2. The van der Waals surface area contributed by atoms with Crippen molar-refractivity contribution in [3.8, 4) is 11.1 Å². The maximum atomic E-state index is 13.6. The molecule has 0 aliphatic heterocycles. The molecule has 0 bridgehead atoms. The van der Waals surface area contributed by atoms with Crippen molar-refractivity contribution in [2.45, 2.75) is 26.8 Å². The van der Waals surface area contributed by atoms with Crippen molar-refractivity contribution in [2.75, 3.05) is 11.9 Å². The van der Waals surface area contributed by atoms with Crippen LogP contribution in [-0.4, -0.2) is 23.1 Å². The molecule has 7 heteroatoms. The minimum absolute atomic E-state index is 0.241. The number of rotatable bonds is 8. The number of benzene rings is 2. The number of amides is 1. The first-order valence-corrected chi connectivity index (χ1v) is 13.6. The van der Waals surface area contributed by atoms with Gasteiger partial charge >= 0.3 is 5.97 Å². The Morgan fingerprint density at radius 3 is 2.53 bits per heavy atom. The highest BCUT2D eigenvalue weighted by Crippen LogP contribution is 2.37. The molecule has 1 N–H and O–H groups in total. The monoisotopic (exact) mass is 514 g/mol. The summed E-state index contributed by atoms with van der Waals surface area (Å²) in [5, 5.41) is 7.45. The van der Waals surface area contributed by atoms with Crippen LogP contribution in [0.3, 0.4) is 0 Å². The van der Waals surface area contributed by atoms with Crippen LogP contribution in [-0.2, 0) is 17.7 Å². The van der Waals surface area contributed by atoms with Gasteiger partial charge in [0, 0.05) is 17.5 Å². The van der Waals surface area contributed by atoms with Gasteiger partial charge in [-0.3, -0.25) is 4.79 Å². The van der Waals surface area contributed by atoms with Gasteiger partial charge in [-0.05, 0) is 48.9 Å². The van der Waals surface area contributed by atoms with Gasteiger partial charge in [-0.2, -0.15) is 0 Å². The van der Waals surface area contributed by atoms with Crippen molar-refractivity contribution in [1.29, 1.82) is 0 Å². The van der Waals surface area contributed by atoms with Crippen molar-refractivity contribution in [1.82, 2.24) is 4.57 Å². The maximum Gasteiger partial charge on any atom is 0.341 e. The first-order chi connectivity index (χ1) is 17.5. The van der Waals surface area contributed by atoms with Crippen LogP contribution in [0.15, 0.2) is 77.5 Å². The van der Waals surface area contributed by atoms with Gasteiger partial charge < -0.3 is 14.6 Å². The number of aryl methyl sites for hydroxylation is 3. The highest BCUT2D eigenvalue weighted by molar-refractivity contribution is 7.17. The second-order valence-electron chi connectivity index (χ2n) is 8.48. The van der Waals surface area contributed by atoms with E-state index in [1.54, 1.807) is 18.3 Å². The van der Waals surface area contributed by atoms with Crippen LogP contribution in [0.25, 0.3) is 21.3 Å². The standard InChI is InChI=1S/C29H26N2O3S2/c1-3-34-29(33)26-22(21-11-9-19(2)10-12-21)18-36-28(26)30-27(32)24-17-25-23(14-16-35-25)31(24)15-13-20-7-5-4-6-8-20/h4-12,14,16-18H,3,13,15H2,1-2H3,(H,30,32). The van der Waals surface area contributed by atoms with Crippen LogP contribution in [0.1, 0.15) is 38.9 Å². The zero-order valence-corrected chi connectivity index (χ0v) is 21.7. The quantitative estimate of drug-likeness (QED) is 0.219. The number of fused-ring (bicyclic) bond motifs is 1. The summed E-state index contributed by atoms with van der Waals surface area (Å²) in [6, 6.07) is 22.2. The fourth-order valence-corrected chi connectivity index (χ4v) is 6.03. The minimum Gasteiger partial charge on any atom is -0.462 e. The minimum atomic E-state index is -0.440. The molecule has 3 aromatic heterocycles. The molecular formula is C29H26N2O3S2. The number of nitrogens with zero attached hydrogens (tertiary/aromatic N) is 1. The van der Waals surface area contributed by atoms with Gasteiger partial charge in [0.05, 0.1) is 16.8 Å². The maximum absolute atomic E-state index is 13.6. The second-order valence-corrected chi connectivity index (χ2v) is 10.3. The van der Waals surface area contributed by atoms with E-state index < -0.39 is 5.97 Å².